The van der Waals surface area contributed by atoms with Crippen LogP contribution in [0.15, 0.2) is 45.3 Å². The SMILES string of the molecule is CCOc1ccc(Br)cc1C(=O)NCCNC(=O)c1cc(Br)ccc1OCC. The molecule has 150 valence electrons. The fourth-order valence-corrected chi connectivity index (χ4v) is 3.19. The molecule has 2 aromatic carbocycles. The first kappa shape index (κ1) is 22.2. The van der Waals surface area contributed by atoms with E-state index in [0.29, 0.717) is 35.8 Å². The zero-order valence-corrected chi connectivity index (χ0v) is 18.9. The van der Waals surface area contributed by atoms with Crippen LogP contribution in [-0.4, -0.2) is 38.1 Å². The van der Waals surface area contributed by atoms with E-state index in [-0.39, 0.29) is 24.9 Å². The van der Waals surface area contributed by atoms with Crippen LogP contribution in [0.3, 0.4) is 0 Å². The van der Waals surface area contributed by atoms with E-state index in [4.69, 9.17) is 9.47 Å². The van der Waals surface area contributed by atoms with Gasteiger partial charge in [-0.2, -0.15) is 0 Å². The predicted octanol–water partition coefficient (Wildman–Crippen LogP) is 4.17. The molecule has 2 rings (SSSR count). The molecule has 2 N–H and O–H groups in total. The van der Waals surface area contributed by atoms with Crippen molar-refractivity contribution in [2.75, 3.05) is 26.3 Å². The Morgan fingerprint density at radius 3 is 1.54 bits per heavy atom. The minimum absolute atomic E-state index is 0.267. The predicted molar refractivity (Wildman–Crippen MR) is 115 cm³/mol. The summed E-state index contributed by atoms with van der Waals surface area (Å²) in [6.07, 6.45) is 0. The van der Waals surface area contributed by atoms with E-state index < -0.39 is 0 Å². The van der Waals surface area contributed by atoms with Crippen LogP contribution in [0.5, 0.6) is 11.5 Å². The smallest absolute Gasteiger partial charge is 0.255 e. The average Bonchev–Trinajstić information content (AvgIpc) is 2.68. The Morgan fingerprint density at radius 2 is 1.18 bits per heavy atom. The molecular formula is C20H22Br2N2O4. The first-order valence-corrected chi connectivity index (χ1v) is 10.5. The van der Waals surface area contributed by atoms with Gasteiger partial charge in [-0.3, -0.25) is 9.59 Å². The van der Waals surface area contributed by atoms with Gasteiger partial charge < -0.3 is 20.1 Å². The Bertz CT molecular complexity index is 773. The quantitative estimate of drug-likeness (QED) is 0.493. The number of carbonyl (C=O) groups excluding carboxylic acids is 2. The Balaban J connectivity index is 1.93. The lowest BCUT2D eigenvalue weighted by atomic mass is 10.2. The molecule has 0 aromatic heterocycles. The maximum Gasteiger partial charge on any atom is 0.255 e. The molecule has 0 spiro atoms. The summed E-state index contributed by atoms with van der Waals surface area (Å²) < 4.78 is 12.6. The zero-order valence-electron chi connectivity index (χ0n) is 15.7. The largest absolute Gasteiger partial charge is 0.493 e. The summed E-state index contributed by atoms with van der Waals surface area (Å²) in [6, 6.07) is 10.5. The van der Waals surface area contributed by atoms with Crippen LogP contribution in [-0.2, 0) is 0 Å². The topological polar surface area (TPSA) is 76.7 Å². The van der Waals surface area contributed by atoms with Gasteiger partial charge in [0.05, 0.1) is 24.3 Å². The van der Waals surface area contributed by atoms with Gasteiger partial charge in [0.25, 0.3) is 11.8 Å². The normalized spacial score (nSPS) is 10.3. The molecule has 0 atom stereocenters. The molecule has 8 heteroatoms. The fourth-order valence-electron chi connectivity index (χ4n) is 2.46. The fraction of sp³-hybridized carbons (Fsp3) is 0.300. The molecule has 0 heterocycles. The van der Waals surface area contributed by atoms with Gasteiger partial charge in [-0.15, -0.1) is 0 Å². The lowest BCUT2D eigenvalue weighted by Gasteiger charge is -2.13. The van der Waals surface area contributed by atoms with E-state index in [2.05, 4.69) is 42.5 Å². The lowest BCUT2D eigenvalue weighted by molar-refractivity contribution is 0.0923. The molecule has 0 aliphatic carbocycles. The van der Waals surface area contributed by atoms with Crippen LogP contribution in [0.25, 0.3) is 0 Å². The van der Waals surface area contributed by atoms with Crippen molar-refractivity contribution in [1.82, 2.24) is 10.6 Å². The van der Waals surface area contributed by atoms with Crippen molar-refractivity contribution in [3.63, 3.8) is 0 Å². The van der Waals surface area contributed by atoms with Crippen molar-refractivity contribution in [1.29, 1.82) is 0 Å². The third-order valence-electron chi connectivity index (χ3n) is 3.67. The summed E-state index contributed by atoms with van der Waals surface area (Å²) in [5.41, 5.74) is 0.876. The molecule has 0 bridgehead atoms. The van der Waals surface area contributed by atoms with Crippen LogP contribution < -0.4 is 20.1 Å². The van der Waals surface area contributed by atoms with E-state index in [1.807, 2.05) is 26.0 Å². The Kier molecular flexibility index (Phi) is 8.79. The number of ether oxygens (including phenoxy) is 2. The third kappa shape index (κ3) is 6.24. The molecular weight excluding hydrogens is 492 g/mol. The Hall–Kier alpha value is -2.06. The second-order valence-corrected chi connectivity index (χ2v) is 7.49. The highest BCUT2D eigenvalue weighted by Gasteiger charge is 2.15. The van der Waals surface area contributed by atoms with Crippen LogP contribution in [0.1, 0.15) is 34.6 Å². The van der Waals surface area contributed by atoms with Crippen LogP contribution >= 0.6 is 31.9 Å². The van der Waals surface area contributed by atoms with Crippen molar-refractivity contribution < 1.29 is 19.1 Å². The number of hydrogen-bond donors (Lipinski definition) is 2. The highest BCUT2D eigenvalue weighted by molar-refractivity contribution is 9.10. The number of rotatable bonds is 9. The first-order chi connectivity index (χ1) is 13.5. The molecule has 0 saturated heterocycles. The van der Waals surface area contributed by atoms with Crippen LogP contribution in [0.4, 0.5) is 0 Å². The monoisotopic (exact) mass is 512 g/mol. The van der Waals surface area contributed by atoms with Gasteiger partial charge in [0, 0.05) is 22.0 Å². The van der Waals surface area contributed by atoms with Gasteiger partial charge in [-0.25, -0.2) is 0 Å². The van der Waals surface area contributed by atoms with E-state index in [9.17, 15) is 9.59 Å². The van der Waals surface area contributed by atoms with Crippen molar-refractivity contribution >= 4 is 43.7 Å². The molecule has 28 heavy (non-hydrogen) atoms. The van der Waals surface area contributed by atoms with E-state index in [1.54, 1.807) is 24.3 Å². The van der Waals surface area contributed by atoms with E-state index in [1.165, 1.54) is 0 Å². The molecule has 0 aliphatic heterocycles. The molecule has 0 saturated carbocycles. The summed E-state index contributed by atoms with van der Waals surface area (Å²) in [7, 11) is 0. The van der Waals surface area contributed by atoms with Crippen molar-refractivity contribution in [2.24, 2.45) is 0 Å². The molecule has 0 unspecified atom stereocenters. The van der Waals surface area contributed by atoms with Crippen molar-refractivity contribution in [2.45, 2.75) is 13.8 Å². The first-order valence-electron chi connectivity index (χ1n) is 8.87. The van der Waals surface area contributed by atoms with Gasteiger partial charge in [0.1, 0.15) is 11.5 Å². The highest BCUT2D eigenvalue weighted by atomic mass is 79.9. The number of nitrogens with one attached hydrogen (secondary N) is 2. The van der Waals surface area contributed by atoms with Gasteiger partial charge in [0.2, 0.25) is 0 Å². The van der Waals surface area contributed by atoms with Gasteiger partial charge in [-0.1, -0.05) is 31.9 Å². The van der Waals surface area contributed by atoms with Crippen LogP contribution in [0, 0.1) is 0 Å². The standard InChI is InChI=1S/C20H22Br2N2O4/c1-3-27-17-7-5-13(21)11-15(17)19(25)23-9-10-24-20(26)16-12-14(22)6-8-18(16)28-4-2/h5-8,11-12H,3-4,9-10H2,1-2H3,(H,23,25)(H,24,26). The van der Waals surface area contributed by atoms with Gasteiger partial charge >= 0.3 is 0 Å². The zero-order chi connectivity index (χ0) is 20.5. The maximum atomic E-state index is 12.4. The summed E-state index contributed by atoms with van der Waals surface area (Å²) in [5, 5.41) is 5.58. The summed E-state index contributed by atoms with van der Waals surface area (Å²) >= 11 is 6.72. The van der Waals surface area contributed by atoms with Crippen molar-refractivity contribution in [3.8, 4) is 11.5 Å². The summed E-state index contributed by atoms with van der Waals surface area (Å²) in [5.74, 6) is 0.498. The minimum Gasteiger partial charge on any atom is -0.493 e. The number of hydrogen-bond acceptors (Lipinski definition) is 4. The molecule has 0 radical (unpaired) electrons. The number of halogens is 2. The molecule has 2 amide bonds. The van der Waals surface area contributed by atoms with Gasteiger partial charge in [0.15, 0.2) is 0 Å². The van der Waals surface area contributed by atoms with Gasteiger partial charge in [-0.05, 0) is 50.2 Å². The molecule has 2 aromatic rings. The molecule has 0 fully saturated rings. The van der Waals surface area contributed by atoms with Crippen LogP contribution in [0.2, 0.25) is 0 Å². The average molecular weight is 514 g/mol. The van der Waals surface area contributed by atoms with E-state index >= 15 is 0 Å². The second kappa shape index (κ2) is 11.1. The third-order valence-corrected chi connectivity index (χ3v) is 4.65. The Labute approximate surface area is 181 Å². The number of benzene rings is 2. The minimum atomic E-state index is -0.267. The molecule has 6 nitrogen and oxygen atoms in total. The molecule has 0 aliphatic rings. The lowest BCUT2D eigenvalue weighted by Crippen LogP contribution is -2.35. The Morgan fingerprint density at radius 1 is 0.786 bits per heavy atom. The number of amides is 2. The summed E-state index contributed by atoms with van der Waals surface area (Å²) in [4.78, 5) is 24.9. The highest BCUT2D eigenvalue weighted by Crippen LogP contribution is 2.24. The maximum absolute atomic E-state index is 12.4. The summed E-state index contributed by atoms with van der Waals surface area (Å²) in [6.45, 7) is 5.20. The van der Waals surface area contributed by atoms with Crippen molar-refractivity contribution in [3.05, 3.63) is 56.5 Å². The second-order valence-electron chi connectivity index (χ2n) is 5.66. The van der Waals surface area contributed by atoms with E-state index in [0.717, 1.165) is 8.95 Å². The number of carbonyl (C=O) groups is 2.